The standard InChI is InChI=1S/C22H28N4OS2.C22H27N3OS2.C21H29N3OS/c1-2-10-26(17-6-8-19-21(13-17)29-15-25-19)11-4-3-9-23-22(27)16-5-7-18-20(12-16)28-14-24-18;1-2-25(17-9-10-18-20(14-17)27-15-24-18)12-6-5-11-23-22(26)21-13-16-7-3-4-8-19(16)28-21;1-2-13-24(18-10-11-19-20(15-18)26-16-23-19)14-7-6-12-22-21(25)17-8-4-3-5-9-17/h5,7,12,14-15,17H,2-4,6,8-11,13H2,1H3,(H,23,27);3-4,7-8,13,15,17H,2,5-6,9-12,14H2,1H3,(H,23,26);3-5,8-9,16,18H,2,6-7,10-15H2,1H3,(H,22,25). The molecule has 0 spiro atoms. The van der Waals surface area contributed by atoms with Crippen LogP contribution in [0.15, 0.2) is 101 Å². The maximum absolute atomic E-state index is 12.4. The molecule has 11 rings (SSSR count). The number of nitrogens with one attached hydrogen (secondary N) is 3. The zero-order valence-electron chi connectivity index (χ0n) is 48.8. The van der Waals surface area contributed by atoms with Crippen LogP contribution in [0.25, 0.3) is 20.3 Å². The molecule has 8 aromatic rings. The minimum absolute atomic E-state index is 0.00993. The number of aromatic nitrogens is 4. The lowest BCUT2D eigenvalue weighted by molar-refractivity contribution is 0.0944. The molecule has 442 valence electrons. The molecular formula is C65H84N10O3S5. The molecule has 3 amide bonds. The lowest BCUT2D eigenvalue weighted by atomic mass is 9.96. The molecule has 3 N–H and O–H groups in total. The number of nitrogens with zero attached hydrogens (tertiary/aromatic N) is 7. The fraction of sp³-hybridized carbons (Fsp3) is 0.492. The number of aryl methyl sites for hydroxylation is 3. The molecular weight excluding hydrogens is 1130 g/mol. The Labute approximate surface area is 511 Å². The summed E-state index contributed by atoms with van der Waals surface area (Å²) in [6, 6.07) is 27.2. The first-order valence-electron chi connectivity index (χ1n) is 30.4. The normalized spacial score (nSPS) is 16.4. The van der Waals surface area contributed by atoms with Crippen LogP contribution in [0.4, 0.5) is 0 Å². The summed E-state index contributed by atoms with van der Waals surface area (Å²) in [4.78, 5) is 67.7. The average Bonchev–Trinajstić information content (AvgIpc) is 4.43. The predicted octanol–water partition coefficient (Wildman–Crippen LogP) is 13.2. The van der Waals surface area contributed by atoms with Gasteiger partial charge in [-0.25, -0.2) is 19.9 Å². The number of amides is 3. The lowest BCUT2D eigenvalue weighted by Gasteiger charge is -2.33. The molecule has 3 aliphatic carbocycles. The van der Waals surface area contributed by atoms with Crippen molar-refractivity contribution in [2.75, 3.05) is 58.9 Å². The monoisotopic (exact) mass is 1210 g/mol. The van der Waals surface area contributed by atoms with Gasteiger partial charge in [-0.1, -0.05) is 57.2 Å². The molecule has 5 heterocycles. The number of benzene rings is 3. The Bertz CT molecular complexity index is 3210. The molecule has 3 aromatic carbocycles. The Morgan fingerprint density at radius 3 is 1.49 bits per heavy atom. The third-order valence-electron chi connectivity index (χ3n) is 16.3. The van der Waals surface area contributed by atoms with E-state index in [1.54, 1.807) is 22.7 Å². The Balaban J connectivity index is 0.000000150. The van der Waals surface area contributed by atoms with E-state index in [0.29, 0.717) is 18.1 Å². The topological polar surface area (TPSA) is 149 Å². The fourth-order valence-electron chi connectivity index (χ4n) is 11.8. The van der Waals surface area contributed by atoms with E-state index >= 15 is 0 Å². The molecule has 5 aromatic heterocycles. The zero-order valence-corrected chi connectivity index (χ0v) is 52.9. The molecule has 83 heavy (non-hydrogen) atoms. The van der Waals surface area contributed by atoms with Gasteiger partial charge in [0.2, 0.25) is 0 Å². The van der Waals surface area contributed by atoms with Crippen LogP contribution in [0.3, 0.4) is 0 Å². The van der Waals surface area contributed by atoms with Gasteiger partial charge in [0.1, 0.15) is 0 Å². The van der Waals surface area contributed by atoms with Gasteiger partial charge in [0.05, 0.1) is 54.2 Å². The van der Waals surface area contributed by atoms with Gasteiger partial charge >= 0.3 is 0 Å². The molecule has 3 atom stereocenters. The van der Waals surface area contributed by atoms with Crippen LogP contribution < -0.4 is 16.0 Å². The average molecular weight is 1210 g/mol. The van der Waals surface area contributed by atoms with E-state index in [9.17, 15) is 14.4 Å². The molecule has 13 nitrogen and oxygen atoms in total. The van der Waals surface area contributed by atoms with Gasteiger partial charge in [0.15, 0.2) is 0 Å². The maximum atomic E-state index is 12.4. The summed E-state index contributed by atoms with van der Waals surface area (Å²) < 4.78 is 2.23. The van der Waals surface area contributed by atoms with Gasteiger partial charge < -0.3 is 30.7 Å². The van der Waals surface area contributed by atoms with Crippen molar-refractivity contribution in [2.45, 2.75) is 148 Å². The van der Waals surface area contributed by atoms with Crippen molar-refractivity contribution in [1.29, 1.82) is 0 Å². The summed E-state index contributed by atoms with van der Waals surface area (Å²) in [6.45, 7) is 15.7. The van der Waals surface area contributed by atoms with Crippen molar-refractivity contribution in [3.8, 4) is 0 Å². The molecule has 3 aliphatic rings. The van der Waals surface area contributed by atoms with Gasteiger partial charge in [-0.2, -0.15) is 0 Å². The molecule has 0 aliphatic heterocycles. The van der Waals surface area contributed by atoms with Gasteiger partial charge in [-0.3, -0.25) is 14.4 Å². The van der Waals surface area contributed by atoms with Crippen molar-refractivity contribution in [3.05, 3.63) is 149 Å². The number of thiophene rings is 1. The van der Waals surface area contributed by atoms with E-state index in [2.05, 4.69) is 83.5 Å². The first-order valence-corrected chi connectivity index (χ1v) is 34.8. The number of unbranched alkanes of at least 4 members (excludes halogenated alkanes) is 3. The largest absolute Gasteiger partial charge is 0.352 e. The zero-order chi connectivity index (χ0) is 57.6. The lowest BCUT2D eigenvalue weighted by Crippen LogP contribution is -2.40. The number of carbonyl (C=O) groups excluding carboxylic acids is 3. The van der Waals surface area contributed by atoms with Crippen LogP contribution in [0.5, 0.6) is 0 Å². The minimum Gasteiger partial charge on any atom is -0.352 e. The Kier molecular flexibility index (Phi) is 24.6. The number of rotatable bonds is 26. The van der Waals surface area contributed by atoms with Gasteiger partial charge in [-0.15, -0.1) is 56.7 Å². The molecule has 0 saturated carbocycles. The van der Waals surface area contributed by atoms with Crippen molar-refractivity contribution in [2.24, 2.45) is 0 Å². The number of hydrogen-bond acceptors (Lipinski definition) is 15. The smallest absolute Gasteiger partial charge is 0.261 e. The second-order valence-corrected chi connectivity index (χ2v) is 26.8. The van der Waals surface area contributed by atoms with Crippen LogP contribution in [0.2, 0.25) is 0 Å². The third-order valence-corrected chi connectivity index (χ3v) is 20.9. The highest BCUT2D eigenvalue weighted by Gasteiger charge is 2.28. The minimum atomic E-state index is 0.00993. The van der Waals surface area contributed by atoms with E-state index in [1.807, 2.05) is 123 Å². The molecule has 3 unspecified atom stereocenters. The second-order valence-electron chi connectivity index (χ2n) is 22.0. The Morgan fingerprint density at radius 2 is 0.964 bits per heavy atom. The van der Waals surface area contributed by atoms with Crippen LogP contribution in [0.1, 0.15) is 154 Å². The fourth-order valence-corrected chi connectivity index (χ4v) is 16.2. The summed E-state index contributed by atoms with van der Waals surface area (Å²) in [7, 11) is 0. The number of fused-ring (bicyclic) bond motifs is 5. The third kappa shape index (κ3) is 18.1. The summed E-state index contributed by atoms with van der Waals surface area (Å²) in [5, 5.41) is 10.3. The van der Waals surface area contributed by atoms with E-state index in [0.717, 1.165) is 168 Å². The van der Waals surface area contributed by atoms with E-state index in [-0.39, 0.29) is 17.7 Å². The number of carbonyl (C=O) groups is 3. The molecule has 0 bridgehead atoms. The first kappa shape index (κ1) is 62.2. The van der Waals surface area contributed by atoms with Gasteiger partial charge in [-0.05, 0) is 196 Å². The van der Waals surface area contributed by atoms with Crippen LogP contribution in [-0.4, -0.2) is 129 Å². The molecule has 18 heteroatoms. The summed E-state index contributed by atoms with van der Waals surface area (Å²) in [5.41, 5.74) is 14.2. The quantitative estimate of drug-likeness (QED) is 0.0448. The Morgan fingerprint density at radius 1 is 0.482 bits per heavy atom. The number of likely N-dealkylation sites (N-methyl/N-ethyl adjacent to an activating group) is 1. The molecule has 0 radical (unpaired) electrons. The van der Waals surface area contributed by atoms with Crippen LogP contribution in [0, 0.1) is 0 Å². The van der Waals surface area contributed by atoms with Crippen molar-refractivity contribution in [1.82, 2.24) is 50.6 Å². The first-order chi connectivity index (χ1) is 40.8. The summed E-state index contributed by atoms with van der Waals surface area (Å²) >= 11 is 8.57. The molecule has 0 fully saturated rings. The van der Waals surface area contributed by atoms with E-state index < -0.39 is 0 Å². The SMILES string of the molecule is CCCN(CCCCNC(=O)c1ccc2ncsc2c1)C1CCc2ncsc2C1.CCCN(CCCCNC(=O)c1ccccc1)C1CCc2ncsc2C1.CCN(CCCCNC(=O)c1cc2ccccc2s1)C1CCc2ncsc2C1. The predicted molar refractivity (Wildman–Crippen MR) is 347 cm³/mol. The van der Waals surface area contributed by atoms with E-state index in [1.165, 1.54) is 68.5 Å². The highest BCUT2D eigenvalue weighted by molar-refractivity contribution is 7.20. The van der Waals surface area contributed by atoms with Crippen LogP contribution in [-0.2, 0) is 38.5 Å². The van der Waals surface area contributed by atoms with Crippen molar-refractivity contribution in [3.63, 3.8) is 0 Å². The van der Waals surface area contributed by atoms with Gasteiger partial charge in [0.25, 0.3) is 17.7 Å². The molecule has 0 saturated heterocycles. The van der Waals surface area contributed by atoms with Crippen LogP contribution >= 0.6 is 56.7 Å². The number of thiazole rings is 4. The second kappa shape index (κ2) is 32.8. The highest BCUT2D eigenvalue weighted by Crippen LogP contribution is 2.30. The van der Waals surface area contributed by atoms with Crippen molar-refractivity contribution >= 4 is 94.7 Å². The van der Waals surface area contributed by atoms with Gasteiger partial charge in [0, 0.05) is 68.2 Å². The highest BCUT2D eigenvalue weighted by atomic mass is 32.1. The van der Waals surface area contributed by atoms with Crippen molar-refractivity contribution < 1.29 is 14.4 Å². The summed E-state index contributed by atoms with van der Waals surface area (Å²) in [6.07, 6.45) is 19.2. The maximum Gasteiger partial charge on any atom is 0.261 e. The Hall–Kier alpha value is -5.31. The summed E-state index contributed by atoms with van der Waals surface area (Å²) in [5.74, 6) is 0.0929. The van der Waals surface area contributed by atoms with E-state index in [4.69, 9.17) is 0 Å². The number of hydrogen-bond donors (Lipinski definition) is 3.